The summed E-state index contributed by atoms with van der Waals surface area (Å²) in [6.45, 7) is 5.51. The highest BCUT2D eigenvalue weighted by atomic mass is 16.5. The van der Waals surface area contributed by atoms with Crippen molar-refractivity contribution in [1.82, 2.24) is 5.32 Å². The first-order chi connectivity index (χ1) is 13.1. The molecule has 0 saturated heterocycles. The second-order valence-corrected chi connectivity index (χ2v) is 7.13. The minimum absolute atomic E-state index is 0.0714. The highest BCUT2D eigenvalue weighted by molar-refractivity contribution is 5.75. The molecule has 146 valence electrons. The summed E-state index contributed by atoms with van der Waals surface area (Å²) >= 11 is 0. The Morgan fingerprint density at radius 3 is 2.52 bits per heavy atom. The first kappa shape index (κ1) is 20.8. The average molecular weight is 370 g/mol. The lowest BCUT2D eigenvalue weighted by atomic mass is 10.1. The Bertz CT molecular complexity index is 698. The van der Waals surface area contributed by atoms with E-state index in [-0.39, 0.29) is 5.91 Å². The number of nitrogens with one attached hydrogen (secondary N) is 1. The summed E-state index contributed by atoms with van der Waals surface area (Å²) in [6, 6.07) is 16.1. The fourth-order valence-electron chi connectivity index (χ4n) is 2.73. The summed E-state index contributed by atoms with van der Waals surface area (Å²) < 4.78 is 11.2. The van der Waals surface area contributed by atoms with Gasteiger partial charge in [0, 0.05) is 13.0 Å². The van der Waals surface area contributed by atoms with E-state index in [9.17, 15) is 4.79 Å². The number of hydrogen-bond acceptors (Lipinski definition) is 3. The quantitative estimate of drug-likeness (QED) is 0.621. The van der Waals surface area contributed by atoms with Gasteiger partial charge >= 0.3 is 0 Å². The third-order valence-corrected chi connectivity index (χ3v) is 4.38. The molecule has 0 spiro atoms. The number of aryl methyl sites for hydroxylation is 1. The molecule has 0 aliphatic rings. The van der Waals surface area contributed by atoms with Crippen LogP contribution in [-0.4, -0.2) is 19.6 Å². The zero-order valence-corrected chi connectivity index (χ0v) is 16.7. The molecule has 2 aromatic carbocycles. The summed E-state index contributed by atoms with van der Waals surface area (Å²) in [5, 5.41) is 2.98. The summed E-state index contributed by atoms with van der Waals surface area (Å²) in [5.41, 5.74) is 2.27. The Labute approximate surface area is 162 Å². The Kier molecular flexibility index (Phi) is 8.69. The van der Waals surface area contributed by atoms with E-state index in [2.05, 4.69) is 31.3 Å². The van der Waals surface area contributed by atoms with Gasteiger partial charge in [-0.1, -0.05) is 50.2 Å². The minimum Gasteiger partial charge on any atom is -0.493 e. The first-order valence-corrected chi connectivity index (χ1v) is 9.69. The zero-order chi connectivity index (χ0) is 19.5. The van der Waals surface area contributed by atoms with Crippen LogP contribution in [0.5, 0.6) is 11.5 Å². The summed E-state index contributed by atoms with van der Waals surface area (Å²) in [5.74, 6) is 2.13. The van der Waals surface area contributed by atoms with Crippen molar-refractivity contribution in [2.24, 2.45) is 5.92 Å². The lowest BCUT2D eigenvalue weighted by Crippen LogP contribution is -2.22. The molecule has 0 saturated carbocycles. The number of amides is 1. The number of benzene rings is 2. The molecule has 0 heterocycles. The Hall–Kier alpha value is -2.49. The van der Waals surface area contributed by atoms with E-state index in [1.807, 2.05) is 36.4 Å². The number of methoxy groups -OCH3 is 1. The van der Waals surface area contributed by atoms with Gasteiger partial charge in [0.15, 0.2) is 11.5 Å². The maximum absolute atomic E-state index is 12.1. The van der Waals surface area contributed by atoms with E-state index >= 15 is 0 Å². The Morgan fingerprint density at radius 2 is 1.81 bits per heavy atom. The van der Waals surface area contributed by atoms with E-state index in [0.717, 1.165) is 30.6 Å². The number of ether oxygens (including phenoxy) is 2. The number of carbonyl (C=O) groups excluding carboxylic acids is 1. The molecule has 0 aromatic heterocycles. The molecule has 2 rings (SSSR count). The smallest absolute Gasteiger partial charge is 0.220 e. The van der Waals surface area contributed by atoms with E-state index < -0.39 is 0 Å². The van der Waals surface area contributed by atoms with Crippen LogP contribution in [0.4, 0.5) is 0 Å². The van der Waals surface area contributed by atoms with Crippen molar-refractivity contribution in [1.29, 1.82) is 0 Å². The average Bonchev–Trinajstić information content (AvgIpc) is 2.67. The van der Waals surface area contributed by atoms with Crippen molar-refractivity contribution in [2.45, 2.75) is 46.1 Å². The van der Waals surface area contributed by atoms with Crippen LogP contribution in [-0.2, 0) is 17.8 Å². The van der Waals surface area contributed by atoms with Crippen LogP contribution in [0.3, 0.4) is 0 Å². The van der Waals surface area contributed by atoms with Gasteiger partial charge in [-0.15, -0.1) is 0 Å². The van der Waals surface area contributed by atoms with Crippen molar-refractivity contribution in [2.75, 3.05) is 13.7 Å². The predicted molar refractivity (Wildman–Crippen MR) is 109 cm³/mol. The molecule has 0 unspecified atom stereocenters. The molecule has 0 aliphatic carbocycles. The third-order valence-electron chi connectivity index (χ3n) is 4.38. The van der Waals surface area contributed by atoms with Crippen molar-refractivity contribution in [3.63, 3.8) is 0 Å². The highest BCUT2D eigenvalue weighted by Crippen LogP contribution is 2.28. The number of carbonyl (C=O) groups is 1. The molecule has 0 bridgehead atoms. The van der Waals surface area contributed by atoms with Crippen LogP contribution in [0.25, 0.3) is 0 Å². The van der Waals surface area contributed by atoms with Gasteiger partial charge < -0.3 is 14.8 Å². The molecule has 27 heavy (non-hydrogen) atoms. The second kappa shape index (κ2) is 11.3. The van der Waals surface area contributed by atoms with E-state index in [0.29, 0.717) is 31.2 Å². The Balaban J connectivity index is 1.76. The lowest BCUT2D eigenvalue weighted by Gasteiger charge is -2.13. The molecule has 0 aliphatic heterocycles. The van der Waals surface area contributed by atoms with Crippen LogP contribution in [0.15, 0.2) is 48.5 Å². The van der Waals surface area contributed by atoms with Gasteiger partial charge in [-0.25, -0.2) is 0 Å². The minimum atomic E-state index is 0.0714. The monoisotopic (exact) mass is 369 g/mol. The summed E-state index contributed by atoms with van der Waals surface area (Å²) in [7, 11) is 1.64. The number of hydrogen-bond donors (Lipinski definition) is 1. The van der Waals surface area contributed by atoms with Crippen LogP contribution in [0, 0.1) is 5.92 Å². The SMILES string of the molecule is COc1cc(CNC(=O)CCCc2ccccc2)ccc1OCCC(C)C. The topological polar surface area (TPSA) is 47.6 Å². The fourth-order valence-corrected chi connectivity index (χ4v) is 2.73. The number of rotatable bonds is 11. The molecular weight excluding hydrogens is 338 g/mol. The maximum Gasteiger partial charge on any atom is 0.220 e. The van der Waals surface area contributed by atoms with Gasteiger partial charge in [-0.2, -0.15) is 0 Å². The summed E-state index contributed by atoms with van der Waals surface area (Å²) in [6.07, 6.45) is 3.30. The third kappa shape index (κ3) is 7.73. The fraction of sp³-hybridized carbons (Fsp3) is 0.435. The molecule has 4 heteroatoms. The largest absolute Gasteiger partial charge is 0.493 e. The van der Waals surface area contributed by atoms with E-state index in [4.69, 9.17) is 9.47 Å². The standard InChI is InChI=1S/C23H31NO3/c1-18(2)14-15-27-21-13-12-20(16-22(21)26-3)17-24-23(25)11-7-10-19-8-5-4-6-9-19/h4-6,8-9,12-13,16,18H,7,10-11,14-15,17H2,1-3H3,(H,24,25). The van der Waals surface area contributed by atoms with Gasteiger partial charge in [0.25, 0.3) is 0 Å². The van der Waals surface area contributed by atoms with Crippen LogP contribution in [0.1, 0.15) is 44.2 Å². The van der Waals surface area contributed by atoms with Gasteiger partial charge in [0.05, 0.1) is 13.7 Å². The zero-order valence-electron chi connectivity index (χ0n) is 16.7. The lowest BCUT2D eigenvalue weighted by molar-refractivity contribution is -0.121. The molecule has 4 nitrogen and oxygen atoms in total. The molecule has 2 aromatic rings. The molecular formula is C23H31NO3. The molecule has 0 atom stereocenters. The molecule has 1 amide bonds. The van der Waals surface area contributed by atoms with Crippen molar-refractivity contribution in [3.05, 3.63) is 59.7 Å². The van der Waals surface area contributed by atoms with Crippen molar-refractivity contribution < 1.29 is 14.3 Å². The molecule has 1 N–H and O–H groups in total. The molecule has 0 radical (unpaired) electrons. The van der Waals surface area contributed by atoms with Crippen molar-refractivity contribution in [3.8, 4) is 11.5 Å². The van der Waals surface area contributed by atoms with Gasteiger partial charge in [-0.05, 0) is 48.4 Å². The van der Waals surface area contributed by atoms with Crippen LogP contribution < -0.4 is 14.8 Å². The van der Waals surface area contributed by atoms with Crippen molar-refractivity contribution >= 4 is 5.91 Å². The predicted octanol–water partition coefficient (Wildman–Crippen LogP) is 4.76. The molecule has 0 fully saturated rings. The van der Waals surface area contributed by atoms with Gasteiger partial charge in [0.1, 0.15) is 0 Å². The Morgan fingerprint density at radius 1 is 1.04 bits per heavy atom. The maximum atomic E-state index is 12.1. The van der Waals surface area contributed by atoms with Gasteiger partial charge in [0.2, 0.25) is 5.91 Å². The van der Waals surface area contributed by atoms with Gasteiger partial charge in [-0.3, -0.25) is 4.79 Å². The van der Waals surface area contributed by atoms with E-state index in [1.54, 1.807) is 7.11 Å². The van der Waals surface area contributed by atoms with Crippen LogP contribution in [0.2, 0.25) is 0 Å². The van der Waals surface area contributed by atoms with E-state index in [1.165, 1.54) is 5.56 Å². The first-order valence-electron chi connectivity index (χ1n) is 9.69. The summed E-state index contributed by atoms with van der Waals surface area (Å²) in [4.78, 5) is 12.1. The van der Waals surface area contributed by atoms with Crippen LogP contribution >= 0.6 is 0 Å². The highest BCUT2D eigenvalue weighted by Gasteiger charge is 2.08. The second-order valence-electron chi connectivity index (χ2n) is 7.13. The normalized spacial score (nSPS) is 10.7.